The topological polar surface area (TPSA) is 3.24 Å². The molecule has 0 radical (unpaired) electrons. The van der Waals surface area contributed by atoms with Crippen molar-refractivity contribution in [1.82, 2.24) is 0 Å². The molecule has 0 heterocycles. The first-order valence-electron chi connectivity index (χ1n) is 19.5. The molecule has 0 unspecified atom stereocenters. The van der Waals surface area contributed by atoms with E-state index >= 15 is 0 Å². The third-order valence-electron chi connectivity index (χ3n) is 11.7. The lowest BCUT2D eigenvalue weighted by molar-refractivity contribution is 0.660. The monoisotopic (exact) mass is 715 g/mol. The van der Waals surface area contributed by atoms with E-state index in [0.29, 0.717) is 0 Å². The van der Waals surface area contributed by atoms with Crippen LogP contribution in [0.2, 0.25) is 0 Å². The van der Waals surface area contributed by atoms with Crippen molar-refractivity contribution in [2.75, 3.05) is 4.90 Å². The third kappa shape index (κ3) is 5.99. The normalized spacial score (nSPS) is 12.6. The van der Waals surface area contributed by atoms with Gasteiger partial charge in [-0.25, -0.2) is 0 Å². The molecule has 1 heteroatoms. The standard InChI is InChI=1S/C55H41N/c1-55(2)53-18-9-8-17-51(53)52-34-29-47(37-54(52)55)43-27-32-49(33-28-43)56(50-16-10-15-45(36-50)46-24-23-39-13-6-7-14-44(39)35-46)48-30-25-42(26-31-48)41-21-19-40(20-22-41)38-11-4-3-5-12-38/h3-37H,1-2H3. The van der Waals surface area contributed by atoms with Gasteiger partial charge in [-0.15, -0.1) is 0 Å². The van der Waals surface area contributed by atoms with E-state index in [9.17, 15) is 0 Å². The van der Waals surface area contributed by atoms with Crippen molar-refractivity contribution in [1.29, 1.82) is 0 Å². The van der Waals surface area contributed by atoms with E-state index in [1.807, 2.05) is 0 Å². The molecule has 0 bridgehead atoms. The minimum absolute atomic E-state index is 0.0369. The molecule has 0 amide bonds. The maximum atomic E-state index is 2.40. The summed E-state index contributed by atoms with van der Waals surface area (Å²) in [7, 11) is 0. The Morgan fingerprint density at radius 3 is 1.45 bits per heavy atom. The summed E-state index contributed by atoms with van der Waals surface area (Å²) in [5, 5.41) is 2.49. The first kappa shape index (κ1) is 33.6. The molecule has 10 rings (SSSR count). The van der Waals surface area contributed by atoms with Gasteiger partial charge in [0.1, 0.15) is 0 Å². The van der Waals surface area contributed by atoms with Crippen LogP contribution in [0.1, 0.15) is 25.0 Å². The van der Waals surface area contributed by atoms with E-state index < -0.39 is 0 Å². The summed E-state index contributed by atoms with van der Waals surface area (Å²) < 4.78 is 0. The average molecular weight is 716 g/mol. The van der Waals surface area contributed by atoms with Crippen molar-refractivity contribution in [3.8, 4) is 55.6 Å². The fourth-order valence-electron chi connectivity index (χ4n) is 8.62. The number of nitrogens with zero attached hydrogens (tertiary/aromatic N) is 1. The minimum atomic E-state index is -0.0369. The highest BCUT2D eigenvalue weighted by atomic mass is 15.1. The molecule has 9 aromatic rings. The second kappa shape index (κ2) is 13.7. The summed E-state index contributed by atoms with van der Waals surface area (Å²) >= 11 is 0. The Morgan fingerprint density at radius 2 is 0.750 bits per heavy atom. The Hall–Kier alpha value is -6.96. The fraction of sp³-hybridized carbons (Fsp3) is 0.0545. The second-order valence-electron chi connectivity index (χ2n) is 15.4. The van der Waals surface area contributed by atoms with Gasteiger partial charge in [-0.05, 0) is 126 Å². The quantitative estimate of drug-likeness (QED) is 0.159. The Balaban J connectivity index is 1.02. The highest BCUT2D eigenvalue weighted by Crippen LogP contribution is 2.49. The van der Waals surface area contributed by atoms with E-state index in [4.69, 9.17) is 0 Å². The summed E-state index contributed by atoms with van der Waals surface area (Å²) in [5.74, 6) is 0. The van der Waals surface area contributed by atoms with E-state index in [2.05, 4.69) is 231 Å². The van der Waals surface area contributed by atoms with E-state index in [1.165, 1.54) is 77.5 Å². The van der Waals surface area contributed by atoms with Gasteiger partial charge >= 0.3 is 0 Å². The van der Waals surface area contributed by atoms with Crippen LogP contribution in [-0.2, 0) is 5.41 Å². The van der Waals surface area contributed by atoms with Crippen LogP contribution < -0.4 is 4.90 Å². The molecule has 0 aliphatic heterocycles. The molecule has 1 nitrogen and oxygen atoms in total. The lowest BCUT2D eigenvalue weighted by Crippen LogP contribution is -2.14. The van der Waals surface area contributed by atoms with Gasteiger partial charge in [0.25, 0.3) is 0 Å². The minimum Gasteiger partial charge on any atom is -0.310 e. The lowest BCUT2D eigenvalue weighted by Gasteiger charge is -2.26. The largest absolute Gasteiger partial charge is 0.310 e. The van der Waals surface area contributed by atoms with E-state index in [-0.39, 0.29) is 5.41 Å². The van der Waals surface area contributed by atoms with Crippen molar-refractivity contribution in [3.05, 3.63) is 223 Å². The van der Waals surface area contributed by atoms with Gasteiger partial charge in [-0.1, -0.05) is 178 Å². The first-order valence-corrected chi connectivity index (χ1v) is 19.5. The van der Waals surface area contributed by atoms with Gasteiger partial charge in [0.2, 0.25) is 0 Å². The van der Waals surface area contributed by atoms with Crippen molar-refractivity contribution in [2.45, 2.75) is 19.3 Å². The SMILES string of the molecule is CC1(C)c2ccccc2-c2ccc(-c3ccc(N(c4ccc(-c5ccc(-c6ccccc6)cc5)cc4)c4cccc(-c5ccc6ccccc6c5)c4)cc3)cc21. The molecule has 0 saturated carbocycles. The molecular formula is C55H41N. The smallest absolute Gasteiger partial charge is 0.0467 e. The van der Waals surface area contributed by atoms with Crippen LogP contribution in [0.25, 0.3) is 66.4 Å². The van der Waals surface area contributed by atoms with Crippen LogP contribution in [0.3, 0.4) is 0 Å². The second-order valence-corrected chi connectivity index (χ2v) is 15.4. The number of anilines is 3. The zero-order valence-electron chi connectivity index (χ0n) is 31.7. The zero-order chi connectivity index (χ0) is 37.6. The maximum Gasteiger partial charge on any atom is 0.0467 e. The van der Waals surface area contributed by atoms with Crippen LogP contribution in [0.5, 0.6) is 0 Å². The highest BCUT2D eigenvalue weighted by molar-refractivity contribution is 5.89. The van der Waals surface area contributed by atoms with E-state index in [1.54, 1.807) is 0 Å². The molecule has 0 atom stereocenters. The summed E-state index contributed by atoms with van der Waals surface area (Å²) in [6.07, 6.45) is 0. The summed E-state index contributed by atoms with van der Waals surface area (Å²) in [6.45, 7) is 4.69. The number of hydrogen-bond donors (Lipinski definition) is 0. The van der Waals surface area contributed by atoms with Crippen molar-refractivity contribution < 1.29 is 0 Å². The average Bonchev–Trinajstić information content (AvgIpc) is 3.50. The van der Waals surface area contributed by atoms with Gasteiger partial charge in [-0.2, -0.15) is 0 Å². The molecule has 1 aliphatic rings. The molecule has 0 saturated heterocycles. The molecule has 0 aromatic heterocycles. The molecule has 266 valence electrons. The number of fused-ring (bicyclic) bond motifs is 4. The van der Waals surface area contributed by atoms with Crippen LogP contribution in [0.4, 0.5) is 17.1 Å². The first-order chi connectivity index (χ1) is 27.5. The van der Waals surface area contributed by atoms with Crippen LogP contribution in [-0.4, -0.2) is 0 Å². The van der Waals surface area contributed by atoms with Crippen LogP contribution in [0.15, 0.2) is 212 Å². The number of rotatable bonds is 7. The van der Waals surface area contributed by atoms with Crippen molar-refractivity contribution in [3.63, 3.8) is 0 Å². The predicted octanol–water partition coefficient (Wildman–Crippen LogP) is 15.3. The number of benzene rings is 9. The molecule has 1 aliphatic carbocycles. The molecular weight excluding hydrogens is 675 g/mol. The van der Waals surface area contributed by atoms with Gasteiger partial charge in [-0.3, -0.25) is 0 Å². The zero-order valence-corrected chi connectivity index (χ0v) is 31.7. The summed E-state index contributed by atoms with van der Waals surface area (Å²) in [6, 6.07) is 77.6. The number of hydrogen-bond acceptors (Lipinski definition) is 1. The molecule has 56 heavy (non-hydrogen) atoms. The van der Waals surface area contributed by atoms with Gasteiger partial charge in [0, 0.05) is 22.5 Å². The lowest BCUT2D eigenvalue weighted by atomic mass is 9.81. The Labute approximate surface area is 329 Å². The molecule has 0 N–H and O–H groups in total. The third-order valence-corrected chi connectivity index (χ3v) is 11.7. The summed E-state index contributed by atoms with van der Waals surface area (Å²) in [4.78, 5) is 2.37. The fourth-order valence-corrected chi connectivity index (χ4v) is 8.62. The van der Waals surface area contributed by atoms with Crippen molar-refractivity contribution >= 4 is 27.8 Å². The van der Waals surface area contributed by atoms with Gasteiger partial charge < -0.3 is 4.90 Å². The molecule has 0 spiro atoms. The predicted molar refractivity (Wildman–Crippen MR) is 238 cm³/mol. The van der Waals surface area contributed by atoms with Crippen LogP contribution in [0, 0.1) is 0 Å². The highest BCUT2D eigenvalue weighted by Gasteiger charge is 2.35. The van der Waals surface area contributed by atoms with Gasteiger partial charge in [0.15, 0.2) is 0 Å². The maximum absolute atomic E-state index is 2.40. The van der Waals surface area contributed by atoms with Crippen molar-refractivity contribution in [2.24, 2.45) is 0 Å². The van der Waals surface area contributed by atoms with Crippen LogP contribution >= 0.6 is 0 Å². The van der Waals surface area contributed by atoms with E-state index in [0.717, 1.165) is 17.1 Å². The molecule has 0 fully saturated rings. The Bertz CT molecular complexity index is 2850. The Morgan fingerprint density at radius 1 is 0.286 bits per heavy atom. The summed E-state index contributed by atoms with van der Waals surface area (Å²) in [5.41, 5.74) is 18.5. The molecule has 9 aromatic carbocycles. The Kier molecular flexibility index (Phi) is 8.23. The van der Waals surface area contributed by atoms with Gasteiger partial charge in [0.05, 0.1) is 0 Å².